The van der Waals surface area contributed by atoms with Gasteiger partial charge in [0, 0.05) is 19.0 Å². The maximum atomic E-state index is 11.4. The molecular weight excluding hydrogens is 248 g/mol. The fraction of sp³-hybridized carbons (Fsp3) is 0.375. The molecule has 6 heteroatoms. The van der Waals surface area contributed by atoms with Gasteiger partial charge in [0.05, 0.1) is 12.4 Å². The van der Waals surface area contributed by atoms with Gasteiger partial charge in [0.1, 0.15) is 4.60 Å². The van der Waals surface area contributed by atoms with Crippen molar-refractivity contribution >= 4 is 27.7 Å². The van der Waals surface area contributed by atoms with E-state index in [9.17, 15) is 4.79 Å². The second-order valence-electron chi connectivity index (χ2n) is 3.17. The van der Waals surface area contributed by atoms with Gasteiger partial charge in [-0.1, -0.05) is 0 Å². The van der Waals surface area contributed by atoms with Gasteiger partial charge in [0.15, 0.2) is 5.82 Å². The lowest BCUT2D eigenvalue weighted by molar-refractivity contribution is -0.117. The normalized spacial score (nSPS) is 21.7. The highest BCUT2D eigenvalue weighted by atomic mass is 79.9. The summed E-state index contributed by atoms with van der Waals surface area (Å²) < 4.78 is 0.650. The molecule has 2 rings (SSSR count). The van der Waals surface area contributed by atoms with Crippen molar-refractivity contribution < 1.29 is 4.79 Å². The summed E-state index contributed by atoms with van der Waals surface area (Å²) in [4.78, 5) is 21.1. The fourth-order valence-electron chi connectivity index (χ4n) is 1.40. The minimum Gasteiger partial charge on any atom is -0.326 e. The number of carbonyl (C=O) groups excluding carboxylic acids is 1. The van der Waals surface area contributed by atoms with Crippen LogP contribution in [0.1, 0.15) is 6.42 Å². The molecule has 0 spiro atoms. The van der Waals surface area contributed by atoms with Crippen LogP contribution in [0.2, 0.25) is 0 Å². The van der Waals surface area contributed by atoms with Gasteiger partial charge in [0.25, 0.3) is 0 Å². The number of halogens is 1. The second-order valence-corrected chi connectivity index (χ2v) is 3.98. The minimum atomic E-state index is -0.0899. The molecule has 74 valence electrons. The van der Waals surface area contributed by atoms with E-state index in [1.807, 2.05) is 0 Å². The van der Waals surface area contributed by atoms with Crippen LogP contribution in [-0.4, -0.2) is 28.5 Å². The molecule has 0 aromatic carbocycles. The molecule has 1 aromatic rings. The SMILES string of the molecule is NC1CC(=O)N(c2cnc(Br)cn2)C1. The molecule has 0 saturated carbocycles. The first-order valence-corrected chi connectivity index (χ1v) is 4.99. The largest absolute Gasteiger partial charge is 0.326 e. The van der Waals surface area contributed by atoms with E-state index >= 15 is 0 Å². The highest BCUT2D eigenvalue weighted by Gasteiger charge is 2.28. The average Bonchev–Trinajstić information content (AvgIpc) is 2.47. The number of aromatic nitrogens is 2. The third-order valence-corrected chi connectivity index (χ3v) is 2.45. The molecule has 1 aromatic heterocycles. The quantitative estimate of drug-likeness (QED) is 0.785. The van der Waals surface area contributed by atoms with E-state index < -0.39 is 0 Å². The summed E-state index contributed by atoms with van der Waals surface area (Å²) in [7, 11) is 0. The molecule has 1 fully saturated rings. The number of nitrogens with zero attached hydrogens (tertiary/aromatic N) is 3. The molecule has 1 amide bonds. The van der Waals surface area contributed by atoms with Crippen molar-refractivity contribution in [3.63, 3.8) is 0 Å². The van der Waals surface area contributed by atoms with Crippen molar-refractivity contribution in [1.82, 2.24) is 9.97 Å². The predicted octanol–water partition coefficient (Wildman–Crippen LogP) is 0.303. The molecule has 0 bridgehead atoms. The lowest BCUT2D eigenvalue weighted by Crippen LogP contribution is -2.28. The highest BCUT2D eigenvalue weighted by Crippen LogP contribution is 2.18. The number of hydrogen-bond acceptors (Lipinski definition) is 4. The van der Waals surface area contributed by atoms with Crippen LogP contribution in [0.5, 0.6) is 0 Å². The molecule has 1 unspecified atom stereocenters. The Morgan fingerprint density at radius 1 is 1.50 bits per heavy atom. The Hall–Kier alpha value is -1.01. The summed E-state index contributed by atoms with van der Waals surface area (Å²) in [6.45, 7) is 0.523. The first-order chi connectivity index (χ1) is 6.66. The standard InChI is InChI=1S/C8H9BrN4O/c9-6-2-12-7(3-11-6)13-4-5(10)1-8(13)14/h2-3,5H,1,4,10H2. The van der Waals surface area contributed by atoms with Gasteiger partial charge >= 0.3 is 0 Å². The Morgan fingerprint density at radius 3 is 2.79 bits per heavy atom. The third kappa shape index (κ3) is 1.76. The summed E-state index contributed by atoms with van der Waals surface area (Å²) in [6.07, 6.45) is 3.50. The summed E-state index contributed by atoms with van der Waals surface area (Å²) in [5, 5.41) is 0. The molecule has 0 aliphatic carbocycles. The highest BCUT2D eigenvalue weighted by molar-refractivity contribution is 9.10. The Bertz CT molecular complexity index is 353. The Kier molecular flexibility index (Phi) is 2.47. The third-order valence-electron chi connectivity index (χ3n) is 2.04. The molecule has 1 aliphatic rings. The summed E-state index contributed by atoms with van der Waals surface area (Å²) in [6, 6.07) is -0.0899. The van der Waals surface area contributed by atoms with Gasteiger partial charge < -0.3 is 5.73 Å². The molecule has 1 atom stereocenters. The van der Waals surface area contributed by atoms with Crippen molar-refractivity contribution in [2.24, 2.45) is 5.73 Å². The average molecular weight is 257 g/mol. The zero-order chi connectivity index (χ0) is 10.1. The number of amides is 1. The van der Waals surface area contributed by atoms with Crippen molar-refractivity contribution in [3.05, 3.63) is 17.0 Å². The Balaban J connectivity index is 2.23. The van der Waals surface area contributed by atoms with E-state index in [0.717, 1.165) is 0 Å². The molecular formula is C8H9BrN4O. The minimum absolute atomic E-state index is 0.00845. The molecule has 1 saturated heterocycles. The second kappa shape index (κ2) is 3.62. The van der Waals surface area contributed by atoms with Crippen LogP contribution in [0, 0.1) is 0 Å². The number of anilines is 1. The number of hydrogen-bond donors (Lipinski definition) is 1. The van der Waals surface area contributed by atoms with E-state index in [4.69, 9.17) is 5.73 Å². The van der Waals surface area contributed by atoms with Crippen LogP contribution in [0.25, 0.3) is 0 Å². The summed E-state index contributed by atoms with van der Waals surface area (Å²) in [5.74, 6) is 0.570. The van der Waals surface area contributed by atoms with E-state index in [2.05, 4.69) is 25.9 Å². The molecule has 0 radical (unpaired) electrons. The molecule has 2 heterocycles. The van der Waals surface area contributed by atoms with Crippen LogP contribution in [0.3, 0.4) is 0 Å². The van der Waals surface area contributed by atoms with E-state index in [1.54, 1.807) is 17.3 Å². The van der Waals surface area contributed by atoms with Gasteiger partial charge in [-0.2, -0.15) is 0 Å². The fourth-order valence-corrected chi connectivity index (χ4v) is 1.61. The van der Waals surface area contributed by atoms with Crippen molar-refractivity contribution in [3.8, 4) is 0 Å². The van der Waals surface area contributed by atoms with Crippen molar-refractivity contribution in [1.29, 1.82) is 0 Å². The van der Waals surface area contributed by atoms with Gasteiger partial charge in [-0.15, -0.1) is 0 Å². The molecule has 14 heavy (non-hydrogen) atoms. The predicted molar refractivity (Wildman–Crippen MR) is 54.7 cm³/mol. The number of rotatable bonds is 1. The van der Waals surface area contributed by atoms with E-state index in [1.165, 1.54) is 0 Å². The topological polar surface area (TPSA) is 72.1 Å². The van der Waals surface area contributed by atoms with E-state index in [0.29, 0.717) is 23.4 Å². The Labute approximate surface area is 89.5 Å². The van der Waals surface area contributed by atoms with Crippen LogP contribution >= 0.6 is 15.9 Å². The molecule has 5 nitrogen and oxygen atoms in total. The maximum absolute atomic E-state index is 11.4. The lowest BCUT2D eigenvalue weighted by Gasteiger charge is -2.13. The number of carbonyl (C=O) groups is 1. The lowest BCUT2D eigenvalue weighted by atomic mass is 10.3. The van der Waals surface area contributed by atoms with Crippen LogP contribution in [0.15, 0.2) is 17.0 Å². The van der Waals surface area contributed by atoms with Crippen molar-refractivity contribution in [2.75, 3.05) is 11.4 Å². The first-order valence-electron chi connectivity index (χ1n) is 4.20. The smallest absolute Gasteiger partial charge is 0.229 e. The van der Waals surface area contributed by atoms with Crippen LogP contribution in [-0.2, 0) is 4.79 Å². The monoisotopic (exact) mass is 256 g/mol. The molecule has 2 N–H and O–H groups in total. The van der Waals surface area contributed by atoms with Crippen molar-refractivity contribution in [2.45, 2.75) is 12.5 Å². The van der Waals surface area contributed by atoms with E-state index in [-0.39, 0.29) is 11.9 Å². The zero-order valence-corrected chi connectivity index (χ0v) is 8.94. The van der Waals surface area contributed by atoms with Gasteiger partial charge in [-0.3, -0.25) is 9.69 Å². The summed E-state index contributed by atoms with van der Waals surface area (Å²) >= 11 is 3.18. The maximum Gasteiger partial charge on any atom is 0.229 e. The van der Waals surface area contributed by atoms with Gasteiger partial charge in [-0.05, 0) is 15.9 Å². The van der Waals surface area contributed by atoms with Crippen LogP contribution in [0.4, 0.5) is 5.82 Å². The number of nitrogens with two attached hydrogens (primary N) is 1. The summed E-state index contributed by atoms with van der Waals surface area (Å²) in [5.41, 5.74) is 5.66. The van der Waals surface area contributed by atoms with Gasteiger partial charge in [0.2, 0.25) is 5.91 Å². The zero-order valence-electron chi connectivity index (χ0n) is 7.35. The van der Waals surface area contributed by atoms with Crippen LogP contribution < -0.4 is 10.6 Å². The molecule has 1 aliphatic heterocycles. The van der Waals surface area contributed by atoms with Gasteiger partial charge in [-0.25, -0.2) is 9.97 Å². The Morgan fingerprint density at radius 2 is 2.29 bits per heavy atom. The first kappa shape index (κ1) is 9.54.